The highest BCUT2D eigenvalue weighted by molar-refractivity contribution is 4.76. The van der Waals surface area contributed by atoms with E-state index in [0.29, 0.717) is 5.41 Å². The van der Waals surface area contributed by atoms with Gasteiger partial charge in [-0.15, -0.1) is 0 Å². The third-order valence-electron chi connectivity index (χ3n) is 2.78. The minimum Gasteiger partial charge on any atom is -0.316 e. The van der Waals surface area contributed by atoms with Crippen molar-refractivity contribution >= 4 is 0 Å². The second kappa shape index (κ2) is 4.76. The van der Waals surface area contributed by atoms with Crippen LogP contribution in [0.25, 0.3) is 0 Å². The minimum absolute atomic E-state index is 0.449. The highest BCUT2D eigenvalue weighted by atomic mass is 14.9. The van der Waals surface area contributed by atoms with Gasteiger partial charge in [-0.05, 0) is 17.9 Å². The van der Waals surface area contributed by atoms with E-state index in [2.05, 4.69) is 39.9 Å². The molecule has 0 spiro atoms. The topological polar surface area (TPSA) is 12.0 Å². The van der Waals surface area contributed by atoms with E-state index in [1.165, 1.54) is 6.42 Å². The third-order valence-corrected chi connectivity index (χ3v) is 2.78. The SMILES string of the molecule is CCNCC(C)(C)C(C)CC. The summed E-state index contributed by atoms with van der Waals surface area (Å²) < 4.78 is 0. The summed E-state index contributed by atoms with van der Waals surface area (Å²) in [7, 11) is 0. The Morgan fingerprint density at radius 3 is 2.18 bits per heavy atom. The van der Waals surface area contributed by atoms with E-state index in [-0.39, 0.29) is 0 Å². The van der Waals surface area contributed by atoms with Crippen LogP contribution in [-0.4, -0.2) is 13.1 Å². The second-order valence-electron chi connectivity index (χ2n) is 4.08. The van der Waals surface area contributed by atoms with Gasteiger partial charge in [-0.3, -0.25) is 0 Å². The van der Waals surface area contributed by atoms with Crippen molar-refractivity contribution < 1.29 is 0 Å². The van der Waals surface area contributed by atoms with Crippen LogP contribution >= 0.6 is 0 Å². The van der Waals surface area contributed by atoms with Gasteiger partial charge in [0.2, 0.25) is 0 Å². The number of rotatable bonds is 5. The lowest BCUT2D eigenvalue weighted by molar-refractivity contribution is 0.217. The van der Waals surface area contributed by atoms with Gasteiger partial charge in [-0.2, -0.15) is 0 Å². The molecule has 68 valence electrons. The quantitative estimate of drug-likeness (QED) is 0.647. The molecule has 1 atom stereocenters. The zero-order valence-corrected chi connectivity index (χ0v) is 8.70. The zero-order valence-electron chi connectivity index (χ0n) is 8.70. The predicted octanol–water partition coefficient (Wildman–Crippen LogP) is 2.67. The Labute approximate surface area is 71.6 Å². The standard InChI is InChI=1S/C10H23N/c1-6-9(3)10(4,5)8-11-7-2/h9,11H,6-8H2,1-5H3. The monoisotopic (exact) mass is 157 g/mol. The molecule has 0 amide bonds. The predicted molar refractivity (Wildman–Crippen MR) is 51.8 cm³/mol. The molecule has 1 nitrogen and oxygen atoms in total. The maximum atomic E-state index is 3.40. The molecule has 1 N–H and O–H groups in total. The molecule has 0 saturated carbocycles. The molecule has 0 heterocycles. The van der Waals surface area contributed by atoms with E-state index in [0.717, 1.165) is 19.0 Å². The lowest BCUT2D eigenvalue weighted by Crippen LogP contribution is -2.34. The Kier molecular flexibility index (Phi) is 4.74. The molecule has 0 aliphatic heterocycles. The van der Waals surface area contributed by atoms with Crippen molar-refractivity contribution in [3.8, 4) is 0 Å². The van der Waals surface area contributed by atoms with Gasteiger partial charge >= 0.3 is 0 Å². The Hall–Kier alpha value is -0.0400. The summed E-state index contributed by atoms with van der Waals surface area (Å²) in [5.74, 6) is 0.807. The highest BCUT2D eigenvalue weighted by Crippen LogP contribution is 2.27. The molecule has 0 aromatic carbocycles. The third kappa shape index (κ3) is 3.76. The summed E-state index contributed by atoms with van der Waals surface area (Å²) in [4.78, 5) is 0. The molecule has 0 bridgehead atoms. The molecule has 0 rings (SSSR count). The fraction of sp³-hybridized carbons (Fsp3) is 1.00. The van der Waals surface area contributed by atoms with Crippen molar-refractivity contribution in [2.45, 2.75) is 41.0 Å². The largest absolute Gasteiger partial charge is 0.316 e. The van der Waals surface area contributed by atoms with Gasteiger partial charge < -0.3 is 5.32 Å². The number of hydrogen-bond donors (Lipinski definition) is 1. The molecule has 1 unspecified atom stereocenters. The van der Waals surface area contributed by atoms with Crippen LogP contribution in [0.4, 0.5) is 0 Å². The average molecular weight is 157 g/mol. The Morgan fingerprint density at radius 2 is 1.82 bits per heavy atom. The Bertz CT molecular complexity index is 97.0. The van der Waals surface area contributed by atoms with Crippen molar-refractivity contribution in [3.63, 3.8) is 0 Å². The molecule has 0 aliphatic rings. The smallest absolute Gasteiger partial charge is 0.000495 e. The van der Waals surface area contributed by atoms with Crippen molar-refractivity contribution in [3.05, 3.63) is 0 Å². The minimum atomic E-state index is 0.449. The van der Waals surface area contributed by atoms with Gasteiger partial charge in [0.15, 0.2) is 0 Å². The first-order valence-electron chi connectivity index (χ1n) is 4.75. The van der Waals surface area contributed by atoms with E-state index in [4.69, 9.17) is 0 Å². The summed E-state index contributed by atoms with van der Waals surface area (Å²) in [5, 5.41) is 3.40. The first-order valence-corrected chi connectivity index (χ1v) is 4.75. The molecular formula is C10H23N. The average Bonchev–Trinajstić information content (AvgIpc) is 1.99. The molecule has 0 aromatic rings. The van der Waals surface area contributed by atoms with Gasteiger partial charge in [-0.25, -0.2) is 0 Å². The highest BCUT2D eigenvalue weighted by Gasteiger charge is 2.23. The van der Waals surface area contributed by atoms with Crippen LogP contribution in [0.3, 0.4) is 0 Å². The van der Waals surface area contributed by atoms with Crippen LogP contribution in [0.1, 0.15) is 41.0 Å². The van der Waals surface area contributed by atoms with Gasteiger partial charge in [0.05, 0.1) is 0 Å². The maximum Gasteiger partial charge on any atom is 0.000495 e. The molecule has 0 saturated heterocycles. The molecule has 11 heavy (non-hydrogen) atoms. The lowest BCUT2D eigenvalue weighted by atomic mass is 9.78. The lowest BCUT2D eigenvalue weighted by Gasteiger charge is -2.31. The van der Waals surface area contributed by atoms with Crippen LogP contribution in [0, 0.1) is 11.3 Å². The Balaban J connectivity index is 3.77. The van der Waals surface area contributed by atoms with Gasteiger partial charge in [0.25, 0.3) is 0 Å². The normalized spacial score (nSPS) is 15.0. The molecule has 0 aliphatic carbocycles. The van der Waals surface area contributed by atoms with E-state index >= 15 is 0 Å². The number of hydrogen-bond acceptors (Lipinski definition) is 1. The summed E-state index contributed by atoms with van der Waals surface area (Å²) in [6.07, 6.45) is 1.28. The zero-order chi connectivity index (χ0) is 8.91. The van der Waals surface area contributed by atoms with Crippen LogP contribution in [-0.2, 0) is 0 Å². The Morgan fingerprint density at radius 1 is 1.27 bits per heavy atom. The van der Waals surface area contributed by atoms with Crippen LogP contribution in [0.5, 0.6) is 0 Å². The van der Waals surface area contributed by atoms with Crippen molar-refractivity contribution in [1.82, 2.24) is 5.32 Å². The first-order chi connectivity index (χ1) is 5.04. The first kappa shape index (κ1) is 11.0. The van der Waals surface area contributed by atoms with E-state index in [1.54, 1.807) is 0 Å². The summed E-state index contributed by atoms with van der Waals surface area (Å²) in [6, 6.07) is 0. The van der Waals surface area contributed by atoms with Crippen LogP contribution in [0.15, 0.2) is 0 Å². The summed E-state index contributed by atoms with van der Waals surface area (Å²) >= 11 is 0. The summed E-state index contributed by atoms with van der Waals surface area (Å²) in [5.41, 5.74) is 0.449. The summed E-state index contributed by atoms with van der Waals surface area (Å²) in [6.45, 7) is 13.6. The maximum absolute atomic E-state index is 3.40. The van der Waals surface area contributed by atoms with Crippen molar-refractivity contribution in [2.24, 2.45) is 11.3 Å². The number of nitrogens with one attached hydrogen (secondary N) is 1. The van der Waals surface area contributed by atoms with Gasteiger partial charge in [-0.1, -0.05) is 41.0 Å². The molecule has 0 fully saturated rings. The fourth-order valence-corrected chi connectivity index (χ4v) is 1.17. The van der Waals surface area contributed by atoms with Gasteiger partial charge in [0, 0.05) is 6.54 Å². The van der Waals surface area contributed by atoms with Gasteiger partial charge in [0.1, 0.15) is 0 Å². The van der Waals surface area contributed by atoms with E-state index in [1.807, 2.05) is 0 Å². The molecule has 1 heteroatoms. The van der Waals surface area contributed by atoms with E-state index < -0.39 is 0 Å². The molecule has 0 radical (unpaired) electrons. The van der Waals surface area contributed by atoms with Crippen molar-refractivity contribution in [1.29, 1.82) is 0 Å². The van der Waals surface area contributed by atoms with Crippen molar-refractivity contribution in [2.75, 3.05) is 13.1 Å². The molecule has 0 aromatic heterocycles. The van der Waals surface area contributed by atoms with Crippen LogP contribution < -0.4 is 5.32 Å². The second-order valence-corrected chi connectivity index (χ2v) is 4.08. The molecular weight excluding hydrogens is 134 g/mol. The van der Waals surface area contributed by atoms with Crippen LogP contribution in [0.2, 0.25) is 0 Å². The fourth-order valence-electron chi connectivity index (χ4n) is 1.17. The van der Waals surface area contributed by atoms with E-state index in [9.17, 15) is 0 Å².